The van der Waals surface area contributed by atoms with Gasteiger partial charge in [0.25, 0.3) is 0 Å². The molecule has 0 bridgehead atoms. The third-order valence-electron chi connectivity index (χ3n) is 2.91. The van der Waals surface area contributed by atoms with Crippen LogP contribution in [0.5, 0.6) is 0 Å². The van der Waals surface area contributed by atoms with E-state index in [9.17, 15) is 0 Å². The molecule has 1 heterocycles. The molecule has 2 rings (SSSR count). The molecule has 1 aliphatic heterocycles. The molecule has 0 saturated carbocycles. The predicted molar refractivity (Wildman–Crippen MR) is 60.2 cm³/mol. The van der Waals surface area contributed by atoms with Crippen molar-refractivity contribution < 1.29 is 9.84 Å². The first kappa shape index (κ1) is 10.9. The molecule has 0 aliphatic carbocycles. The Balaban J connectivity index is 2.19. The van der Waals surface area contributed by atoms with Crippen LogP contribution in [0.2, 0.25) is 5.02 Å². The van der Waals surface area contributed by atoms with Gasteiger partial charge in [0.2, 0.25) is 0 Å². The normalized spacial score (nSPS) is 18.0. The minimum Gasteiger partial charge on any atom is -0.392 e. The first-order valence-electron chi connectivity index (χ1n) is 5.28. The number of hydrogen-bond donors (Lipinski definition) is 1. The number of rotatable bonds is 2. The van der Waals surface area contributed by atoms with Gasteiger partial charge in [-0.15, -0.1) is 0 Å². The largest absolute Gasteiger partial charge is 0.392 e. The Morgan fingerprint density at radius 3 is 2.67 bits per heavy atom. The fourth-order valence-electron chi connectivity index (χ4n) is 2.01. The highest BCUT2D eigenvalue weighted by Crippen LogP contribution is 2.32. The summed E-state index contributed by atoms with van der Waals surface area (Å²) in [5.74, 6) is 0.513. The fourth-order valence-corrected chi connectivity index (χ4v) is 2.37. The second-order valence-electron chi connectivity index (χ2n) is 3.90. The van der Waals surface area contributed by atoms with Crippen molar-refractivity contribution in [2.24, 2.45) is 0 Å². The molecular formula is C12H15ClO2. The molecule has 1 fully saturated rings. The van der Waals surface area contributed by atoms with E-state index in [4.69, 9.17) is 21.4 Å². The highest BCUT2D eigenvalue weighted by atomic mass is 35.5. The van der Waals surface area contributed by atoms with Gasteiger partial charge in [-0.05, 0) is 36.0 Å². The Hall–Kier alpha value is -0.570. The Morgan fingerprint density at radius 1 is 1.33 bits per heavy atom. The van der Waals surface area contributed by atoms with Gasteiger partial charge >= 0.3 is 0 Å². The summed E-state index contributed by atoms with van der Waals surface area (Å²) in [5, 5.41) is 9.76. The standard InChI is InChI=1S/C12H15ClO2/c13-12-7-9(8-14)1-2-11(12)10-3-5-15-6-4-10/h1-2,7,10,14H,3-6,8H2. The van der Waals surface area contributed by atoms with Gasteiger partial charge in [-0.3, -0.25) is 0 Å². The molecule has 0 spiro atoms. The molecule has 3 heteroatoms. The summed E-state index contributed by atoms with van der Waals surface area (Å²) in [6.45, 7) is 1.69. The van der Waals surface area contributed by atoms with Crippen molar-refractivity contribution in [3.63, 3.8) is 0 Å². The van der Waals surface area contributed by atoms with Crippen LogP contribution in [0.15, 0.2) is 18.2 Å². The molecule has 2 nitrogen and oxygen atoms in total. The molecule has 1 aromatic rings. The summed E-state index contributed by atoms with van der Waals surface area (Å²) in [5.41, 5.74) is 2.06. The SMILES string of the molecule is OCc1ccc(C2CCOCC2)c(Cl)c1. The molecule has 1 aliphatic rings. The van der Waals surface area contributed by atoms with Gasteiger partial charge in [-0.2, -0.15) is 0 Å². The third kappa shape index (κ3) is 2.51. The highest BCUT2D eigenvalue weighted by molar-refractivity contribution is 6.31. The molecule has 0 aromatic heterocycles. The van der Waals surface area contributed by atoms with Gasteiger partial charge < -0.3 is 9.84 Å². The lowest BCUT2D eigenvalue weighted by molar-refractivity contribution is 0.0853. The van der Waals surface area contributed by atoms with Gasteiger partial charge in [0.1, 0.15) is 0 Å². The molecule has 15 heavy (non-hydrogen) atoms. The molecular weight excluding hydrogens is 212 g/mol. The Kier molecular flexibility index (Phi) is 3.62. The zero-order valence-corrected chi connectivity index (χ0v) is 9.33. The predicted octanol–water partition coefficient (Wildman–Crippen LogP) is 2.73. The maximum absolute atomic E-state index is 8.98. The highest BCUT2D eigenvalue weighted by Gasteiger charge is 2.18. The molecule has 82 valence electrons. The number of aliphatic hydroxyl groups is 1. The van der Waals surface area contributed by atoms with E-state index in [1.165, 1.54) is 5.56 Å². The number of hydrogen-bond acceptors (Lipinski definition) is 2. The van der Waals surface area contributed by atoms with Crippen LogP contribution >= 0.6 is 11.6 Å². The van der Waals surface area contributed by atoms with Crippen LogP contribution in [0.1, 0.15) is 29.9 Å². The molecule has 1 N–H and O–H groups in total. The van der Waals surface area contributed by atoms with Crippen LogP contribution in [-0.4, -0.2) is 18.3 Å². The molecule has 1 saturated heterocycles. The van der Waals surface area contributed by atoms with E-state index in [0.29, 0.717) is 5.92 Å². The van der Waals surface area contributed by atoms with E-state index in [-0.39, 0.29) is 6.61 Å². The van der Waals surface area contributed by atoms with Crippen LogP contribution in [-0.2, 0) is 11.3 Å². The number of ether oxygens (including phenoxy) is 1. The smallest absolute Gasteiger partial charge is 0.0682 e. The van der Waals surface area contributed by atoms with Crippen LogP contribution < -0.4 is 0 Å². The van der Waals surface area contributed by atoms with Crippen molar-refractivity contribution in [1.82, 2.24) is 0 Å². The minimum atomic E-state index is 0.0494. The average Bonchev–Trinajstić information content (AvgIpc) is 2.30. The molecule has 0 atom stereocenters. The maximum Gasteiger partial charge on any atom is 0.0682 e. The van der Waals surface area contributed by atoms with E-state index in [1.54, 1.807) is 0 Å². The van der Waals surface area contributed by atoms with Gasteiger partial charge in [0, 0.05) is 18.2 Å². The van der Waals surface area contributed by atoms with Gasteiger partial charge in [-0.1, -0.05) is 23.7 Å². The van der Waals surface area contributed by atoms with Crippen LogP contribution in [0.25, 0.3) is 0 Å². The van der Waals surface area contributed by atoms with Crippen LogP contribution in [0.4, 0.5) is 0 Å². The van der Waals surface area contributed by atoms with Crippen molar-refractivity contribution in [3.05, 3.63) is 34.3 Å². The van der Waals surface area contributed by atoms with Gasteiger partial charge in [-0.25, -0.2) is 0 Å². The van der Waals surface area contributed by atoms with Gasteiger partial charge in [0.05, 0.1) is 6.61 Å². The summed E-state index contributed by atoms with van der Waals surface area (Å²) >= 11 is 6.19. The van der Waals surface area contributed by atoms with Crippen LogP contribution in [0.3, 0.4) is 0 Å². The summed E-state index contributed by atoms with van der Waals surface area (Å²) in [7, 11) is 0. The molecule has 0 radical (unpaired) electrons. The van der Waals surface area contributed by atoms with E-state index in [1.807, 2.05) is 18.2 Å². The monoisotopic (exact) mass is 226 g/mol. The van der Waals surface area contributed by atoms with Crippen molar-refractivity contribution in [2.45, 2.75) is 25.4 Å². The zero-order chi connectivity index (χ0) is 10.7. The van der Waals surface area contributed by atoms with E-state index < -0.39 is 0 Å². The minimum absolute atomic E-state index is 0.0494. The third-order valence-corrected chi connectivity index (χ3v) is 3.24. The fraction of sp³-hybridized carbons (Fsp3) is 0.500. The van der Waals surface area contributed by atoms with Crippen molar-refractivity contribution in [3.8, 4) is 0 Å². The Labute approximate surface area is 94.8 Å². The first-order chi connectivity index (χ1) is 7.31. The zero-order valence-electron chi connectivity index (χ0n) is 8.58. The molecule has 0 unspecified atom stereocenters. The quantitative estimate of drug-likeness (QED) is 0.840. The van der Waals surface area contributed by atoms with Crippen molar-refractivity contribution in [1.29, 1.82) is 0 Å². The average molecular weight is 227 g/mol. The number of halogens is 1. The van der Waals surface area contributed by atoms with Crippen LogP contribution in [0, 0.1) is 0 Å². The Morgan fingerprint density at radius 2 is 2.07 bits per heavy atom. The van der Waals surface area contributed by atoms with Gasteiger partial charge in [0.15, 0.2) is 0 Å². The Bertz CT molecular complexity index is 332. The maximum atomic E-state index is 8.98. The topological polar surface area (TPSA) is 29.5 Å². The van der Waals surface area contributed by atoms with Crippen molar-refractivity contribution >= 4 is 11.6 Å². The second kappa shape index (κ2) is 4.97. The lowest BCUT2D eigenvalue weighted by Crippen LogP contribution is -2.14. The van der Waals surface area contributed by atoms with E-state index >= 15 is 0 Å². The summed E-state index contributed by atoms with van der Waals surface area (Å²) < 4.78 is 5.32. The number of benzene rings is 1. The van der Waals surface area contributed by atoms with Crippen molar-refractivity contribution in [2.75, 3.05) is 13.2 Å². The van der Waals surface area contributed by atoms with E-state index in [0.717, 1.165) is 36.6 Å². The summed E-state index contributed by atoms with van der Waals surface area (Å²) in [6.07, 6.45) is 2.08. The van der Waals surface area contributed by atoms with E-state index in [2.05, 4.69) is 0 Å². The summed E-state index contributed by atoms with van der Waals surface area (Å²) in [4.78, 5) is 0. The second-order valence-corrected chi connectivity index (χ2v) is 4.31. The molecule has 1 aromatic carbocycles. The lowest BCUT2D eigenvalue weighted by Gasteiger charge is -2.23. The first-order valence-corrected chi connectivity index (χ1v) is 5.66. The summed E-state index contributed by atoms with van der Waals surface area (Å²) in [6, 6.07) is 5.83. The lowest BCUT2D eigenvalue weighted by atomic mass is 9.91. The molecule has 0 amide bonds. The number of aliphatic hydroxyl groups excluding tert-OH is 1.